The topological polar surface area (TPSA) is 69.0 Å². The zero-order valence-corrected chi connectivity index (χ0v) is 14.6. The highest BCUT2D eigenvalue weighted by Crippen LogP contribution is 2.40. The number of hydrogen-bond acceptors (Lipinski definition) is 4. The quantitative estimate of drug-likeness (QED) is 0.867. The number of hydrogen-bond donors (Lipinski definition) is 1. The molecule has 2 aromatic heterocycles. The van der Waals surface area contributed by atoms with Crippen molar-refractivity contribution >= 4 is 16.9 Å². The number of ether oxygens (including phenoxy) is 1. The van der Waals surface area contributed by atoms with Gasteiger partial charge in [-0.05, 0) is 38.7 Å². The number of nitrogens with one attached hydrogen (secondary N) is 1. The van der Waals surface area contributed by atoms with Crippen molar-refractivity contribution in [3.05, 3.63) is 23.0 Å². The number of amides is 1. The van der Waals surface area contributed by atoms with Crippen molar-refractivity contribution in [2.45, 2.75) is 50.7 Å². The maximum absolute atomic E-state index is 13.0. The van der Waals surface area contributed by atoms with Crippen LogP contribution in [-0.2, 0) is 11.8 Å². The van der Waals surface area contributed by atoms with Gasteiger partial charge in [0, 0.05) is 25.3 Å². The van der Waals surface area contributed by atoms with Crippen molar-refractivity contribution in [2.75, 3.05) is 6.61 Å². The third kappa shape index (κ3) is 2.89. The number of nitrogens with zero attached hydrogens (tertiary/aromatic N) is 3. The smallest absolute Gasteiger partial charge is 0.253 e. The van der Waals surface area contributed by atoms with Crippen LogP contribution in [0.3, 0.4) is 0 Å². The number of rotatable bonds is 4. The molecule has 1 aliphatic carbocycles. The van der Waals surface area contributed by atoms with Crippen molar-refractivity contribution in [3.8, 4) is 12.3 Å². The Morgan fingerprint density at radius 3 is 2.92 bits per heavy atom. The molecule has 2 atom stereocenters. The average molecular weight is 338 g/mol. The van der Waals surface area contributed by atoms with Gasteiger partial charge in [-0.3, -0.25) is 9.48 Å². The van der Waals surface area contributed by atoms with Gasteiger partial charge in [-0.15, -0.1) is 6.42 Å². The van der Waals surface area contributed by atoms with Gasteiger partial charge in [0.2, 0.25) is 0 Å². The number of fused-ring (bicyclic) bond motifs is 1. The van der Waals surface area contributed by atoms with Crippen molar-refractivity contribution in [1.82, 2.24) is 20.1 Å². The lowest BCUT2D eigenvalue weighted by Gasteiger charge is -2.19. The van der Waals surface area contributed by atoms with Gasteiger partial charge in [0.05, 0.1) is 22.7 Å². The average Bonchev–Trinajstić information content (AvgIpc) is 3.24. The molecule has 6 nitrogen and oxygen atoms in total. The van der Waals surface area contributed by atoms with Crippen molar-refractivity contribution in [1.29, 1.82) is 0 Å². The van der Waals surface area contributed by atoms with Gasteiger partial charge in [-0.1, -0.05) is 5.92 Å². The fourth-order valence-corrected chi connectivity index (χ4v) is 3.56. The zero-order chi connectivity index (χ0) is 17.6. The second-order valence-corrected chi connectivity index (χ2v) is 6.95. The number of terminal acetylenes is 1. The Bertz CT molecular complexity index is 870. The molecule has 1 saturated carbocycles. The summed E-state index contributed by atoms with van der Waals surface area (Å²) < 4.78 is 7.39. The van der Waals surface area contributed by atoms with E-state index in [1.54, 1.807) is 4.68 Å². The van der Waals surface area contributed by atoms with E-state index < -0.39 is 6.04 Å². The lowest BCUT2D eigenvalue weighted by atomic mass is 10.0. The highest BCUT2D eigenvalue weighted by atomic mass is 16.5. The normalized spacial score (nSPS) is 21.2. The summed E-state index contributed by atoms with van der Waals surface area (Å²) in [6.07, 6.45) is 9.63. The third-order valence-corrected chi connectivity index (χ3v) is 5.03. The molecule has 130 valence electrons. The first-order valence-corrected chi connectivity index (χ1v) is 8.81. The molecule has 0 radical (unpaired) electrons. The molecule has 1 aliphatic heterocycles. The summed E-state index contributed by atoms with van der Waals surface area (Å²) in [6, 6.07) is 1.49. The Labute approximate surface area is 146 Å². The largest absolute Gasteiger partial charge is 0.375 e. The lowest BCUT2D eigenvalue weighted by molar-refractivity contribution is 0.0777. The fourth-order valence-electron chi connectivity index (χ4n) is 3.56. The zero-order valence-electron chi connectivity index (χ0n) is 14.6. The van der Waals surface area contributed by atoms with Gasteiger partial charge < -0.3 is 10.1 Å². The molecule has 2 fully saturated rings. The number of carbonyl (C=O) groups excluding carboxylic acids is 1. The maximum atomic E-state index is 13.0. The molecular weight excluding hydrogens is 316 g/mol. The Kier molecular flexibility index (Phi) is 3.97. The number of aryl methyl sites for hydroxylation is 2. The fraction of sp³-hybridized carbons (Fsp3) is 0.526. The summed E-state index contributed by atoms with van der Waals surface area (Å²) in [5.41, 5.74) is 3.12. The highest BCUT2D eigenvalue weighted by molar-refractivity contribution is 6.06. The van der Waals surface area contributed by atoms with Crippen LogP contribution in [-0.4, -0.2) is 39.4 Å². The van der Waals surface area contributed by atoms with Gasteiger partial charge in [0.15, 0.2) is 5.65 Å². The van der Waals surface area contributed by atoms with Crippen LogP contribution in [0.4, 0.5) is 0 Å². The second kappa shape index (κ2) is 6.16. The van der Waals surface area contributed by atoms with E-state index in [1.807, 2.05) is 20.0 Å². The minimum Gasteiger partial charge on any atom is -0.375 e. The van der Waals surface area contributed by atoms with Crippen LogP contribution in [0.2, 0.25) is 0 Å². The molecule has 6 heteroatoms. The SMILES string of the molecule is C#C[C@H](NC(=O)c1cc(C2CC2)nc2c1c(C)nn2C)[C@@H]1CCCO1. The van der Waals surface area contributed by atoms with Crippen molar-refractivity contribution < 1.29 is 9.53 Å². The first-order chi connectivity index (χ1) is 12.1. The van der Waals surface area contributed by atoms with E-state index in [2.05, 4.69) is 16.3 Å². The van der Waals surface area contributed by atoms with Gasteiger partial charge >= 0.3 is 0 Å². The first kappa shape index (κ1) is 16.1. The van der Waals surface area contributed by atoms with Crippen LogP contribution in [0, 0.1) is 19.3 Å². The standard InChI is InChI=1S/C19H22N4O2/c1-4-14(16-6-5-9-25-16)21-19(24)13-10-15(12-7-8-12)20-18-17(13)11(2)22-23(18)3/h1,10,12,14,16H,5-9H2,2-3H3,(H,21,24)/t14-,16-/m0/s1. The molecule has 4 rings (SSSR count). The summed E-state index contributed by atoms with van der Waals surface area (Å²) in [5.74, 6) is 2.94. The number of aromatic nitrogens is 3. The van der Waals surface area contributed by atoms with Crippen LogP contribution in [0.25, 0.3) is 11.0 Å². The van der Waals surface area contributed by atoms with E-state index in [0.717, 1.165) is 48.1 Å². The van der Waals surface area contributed by atoms with E-state index in [4.69, 9.17) is 16.1 Å². The van der Waals surface area contributed by atoms with Crippen molar-refractivity contribution in [2.24, 2.45) is 7.05 Å². The van der Waals surface area contributed by atoms with Gasteiger partial charge in [0.1, 0.15) is 6.04 Å². The molecular formula is C19H22N4O2. The Morgan fingerprint density at radius 1 is 1.48 bits per heavy atom. The second-order valence-electron chi connectivity index (χ2n) is 6.95. The Balaban J connectivity index is 1.71. The van der Waals surface area contributed by atoms with E-state index in [-0.39, 0.29) is 12.0 Å². The van der Waals surface area contributed by atoms with E-state index in [1.165, 1.54) is 0 Å². The monoisotopic (exact) mass is 338 g/mol. The van der Waals surface area contributed by atoms with Crippen molar-refractivity contribution in [3.63, 3.8) is 0 Å². The minimum absolute atomic E-state index is 0.107. The third-order valence-electron chi connectivity index (χ3n) is 5.03. The summed E-state index contributed by atoms with van der Waals surface area (Å²) in [4.78, 5) is 17.7. The van der Waals surface area contributed by atoms with E-state index in [9.17, 15) is 4.79 Å². The highest BCUT2D eigenvalue weighted by Gasteiger charge is 2.30. The molecule has 1 N–H and O–H groups in total. The molecule has 3 heterocycles. The van der Waals surface area contributed by atoms with Crippen LogP contribution in [0.5, 0.6) is 0 Å². The van der Waals surface area contributed by atoms with Gasteiger partial charge in [-0.2, -0.15) is 5.10 Å². The van der Waals surface area contributed by atoms with E-state index in [0.29, 0.717) is 18.1 Å². The van der Waals surface area contributed by atoms with Crippen LogP contribution in [0.1, 0.15) is 53.3 Å². The summed E-state index contributed by atoms with van der Waals surface area (Å²) >= 11 is 0. The number of carbonyl (C=O) groups is 1. The lowest BCUT2D eigenvalue weighted by Crippen LogP contribution is -2.42. The summed E-state index contributed by atoms with van der Waals surface area (Å²) in [6.45, 7) is 2.60. The van der Waals surface area contributed by atoms with Crippen LogP contribution in [0.15, 0.2) is 6.07 Å². The molecule has 25 heavy (non-hydrogen) atoms. The van der Waals surface area contributed by atoms with Crippen LogP contribution < -0.4 is 5.32 Å². The van der Waals surface area contributed by atoms with Gasteiger partial charge in [-0.25, -0.2) is 4.98 Å². The number of pyridine rings is 1. The molecule has 2 aromatic rings. The summed E-state index contributed by atoms with van der Waals surface area (Å²) in [7, 11) is 1.86. The minimum atomic E-state index is -0.417. The predicted octanol–water partition coefficient (Wildman–Crippen LogP) is 2.06. The maximum Gasteiger partial charge on any atom is 0.253 e. The van der Waals surface area contributed by atoms with E-state index >= 15 is 0 Å². The van der Waals surface area contributed by atoms with Crippen LogP contribution >= 0.6 is 0 Å². The Hall–Kier alpha value is -2.39. The Morgan fingerprint density at radius 2 is 2.28 bits per heavy atom. The molecule has 0 spiro atoms. The summed E-state index contributed by atoms with van der Waals surface area (Å²) in [5, 5.41) is 8.21. The van der Waals surface area contributed by atoms with Gasteiger partial charge in [0.25, 0.3) is 5.91 Å². The first-order valence-electron chi connectivity index (χ1n) is 8.81. The molecule has 1 saturated heterocycles. The molecule has 1 amide bonds. The molecule has 0 bridgehead atoms. The predicted molar refractivity (Wildman–Crippen MR) is 94.3 cm³/mol. The molecule has 0 aromatic carbocycles. The molecule has 0 unspecified atom stereocenters. The molecule has 2 aliphatic rings.